The van der Waals surface area contributed by atoms with Gasteiger partial charge in [0.1, 0.15) is 6.10 Å². The van der Waals surface area contributed by atoms with Crippen molar-refractivity contribution in [1.29, 1.82) is 0 Å². The van der Waals surface area contributed by atoms with Gasteiger partial charge in [-0.05, 0) is 44.2 Å². The largest absolute Gasteiger partial charge is 0.375 e. The molecule has 1 aliphatic carbocycles. The highest BCUT2D eigenvalue weighted by atomic mass is 32.1. The summed E-state index contributed by atoms with van der Waals surface area (Å²) in [4.78, 5) is 5.92. The number of hydrogen-bond acceptors (Lipinski definition) is 4. The van der Waals surface area contributed by atoms with E-state index in [2.05, 4.69) is 10.3 Å². The van der Waals surface area contributed by atoms with Crippen LogP contribution in [0.25, 0.3) is 0 Å². The first-order valence-corrected chi connectivity index (χ1v) is 6.87. The molecule has 1 aliphatic heterocycles. The summed E-state index contributed by atoms with van der Waals surface area (Å²) < 4.78 is 5.63. The molecule has 1 aromatic heterocycles. The molecule has 2 heterocycles. The number of thiazole rings is 1. The molecule has 16 heavy (non-hydrogen) atoms. The third kappa shape index (κ3) is 1.69. The van der Waals surface area contributed by atoms with E-state index in [4.69, 9.17) is 4.74 Å². The zero-order valence-corrected chi connectivity index (χ0v) is 10.5. The van der Waals surface area contributed by atoms with Crippen LogP contribution in [0, 0.1) is 5.41 Å². The number of methoxy groups -OCH3 is 1. The van der Waals surface area contributed by atoms with Gasteiger partial charge in [-0.2, -0.15) is 0 Å². The smallest absolute Gasteiger partial charge is 0.101 e. The Kier molecular flexibility index (Phi) is 2.73. The SMILES string of the molecule is COC1CC2(CCNCC2)Cc2scnc21. The van der Waals surface area contributed by atoms with E-state index in [1.54, 1.807) is 11.3 Å². The number of ether oxygens (including phenoxy) is 1. The molecule has 1 aromatic rings. The van der Waals surface area contributed by atoms with Gasteiger partial charge in [0.25, 0.3) is 0 Å². The van der Waals surface area contributed by atoms with Gasteiger partial charge in [0.05, 0.1) is 11.2 Å². The molecule has 1 fully saturated rings. The molecular formula is C12H18N2OS. The molecule has 1 atom stereocenters. The summed E-state index contributed by atoms with van der Waals surface area (Å²) in [5, 5.41) is 3.45. The maximum Gasteiger partial charge on any atom is 0.101 e. The second kappa shape index (κ2) is 4.09. The van der Waals surface area contributed by atoms with Crippen molar-refractivity contribution in [3.63, 3.8) is 0 Å². The van der Waals surface area contributed by atoms with E-state index in [0.29, 0.717) is 5.41 Å². The molecule has 1 spiro atoms. The Morgan fingerprint density at radius 3 is 3.06 bits per heavy atom. The van der Waals surface area contributed by atoms with Crippen LogP contribution in [0.5, 0.6) is 0 Å². The summed E-state index contributed by atoms with van der Waals surface area (Å²) >= 11 is 1.80. The highest BCUT2D eigenvalue weighted by Crippen LogP contribution is 2.48. The fourth-order valence-electron chi connectivity index (χ4n) is 3.11. The Morgan fingerprint density at radius 1 is 1.50 bits per heavy atom. The van der Waals surface area contributed by atoms with Gasteiger partial charge in [-0.15, -0.1) is 11.3 Å². The van der Waals surface area contributed by atoms with Gasteiger partial charge in [-0.1, -0.05) is 0 Å². The molecule has 0 bridgehead atoms. The van der Waals surface area contributed by atoms with Crippen LogP contribution in [-0.4, -0.2) is 25.2 Å². The zero-order chi connectivity index (χ0) is 11.0. The predicted molar refractivity (Wildman–Crippen MR) is 64.7 cm³/mol. The lowest BCUT2D eigenvalue weighted by Crippen LogP contribution is -2.41. The molecule has 0 aromatic carbocycles. The topological polar surface area (TPSA) is 34.1 Å². The minimum Gasteiger partial charge on any atom is -0.375 e. The van der Waals surface area contributed by atoms with E-state index in [1.165, 1.54) is 29.8 Å². The minimum atomic E-state index is 0.230. The number of nitrogens with one attached hydrogen (secondary N) is 1. The number of aromatic nitrogens is 1. The van der Waals surface area contributed by atoms with Crippen molar-refractivity contribution in [3.8, 4) is 0 Å². The lowest BCUT2D eigenvalue weighted by Gasteiger charge is -2.42. The molecular weight excluding hydrogens is 220 g/mol. The van der Waals surface area contributed by atoms with Gasteiger partial charge < -0.3 is 10.1 Å². The molecule has 4 heteroatoms. The van der Waals surface area contributed by atoms with E-state index in [9.17, 15) is 0 Å². The van der Waals surface area contributed by atoms with Gasteiger partial charge in [0.15, 0.2) is 0 Å². The summed E-state index contributed by atoms with van der Waals surface area (Å²) in [6.45, 7) is 2.31. The summed E-state index contributed by atoms with van der Waals surface area (Å²) in [6.07, 6.45) is 5.17. The van der Waals surface area contributed by atoms with Crippen molar-refractivity contribution < 1.29 is 4.74 Å². The average Bonchev–Trinajstić information content (AvgIpc) is 2.76. The average molecular weight is 238 g/mol. The Bertz CT molecular complexity index is 371. The molecule has 2 aliphatic rings. The van der Waals surface area contributed by atoms with Crippen molar-refractivity contribution >= 4 is 11.3 Å². The molecule has 1 unspecified atom stereocenters. The van der Waals surface area contributed by atoms with Crippen molar-refractivity contribution in [2.24, 2.45) is 5.41 Å². The Balaban J connectivity index is 1.91. The van der Waals surface area contributed by atoms with E-state index >= 15 is 0 Å². The minimum absolute atomic E-state index is 0.230. The third-order valence-corrected chi connectivity index (χ3v) is 4.93. The maximum absolute atomic E-state index is 5.63. The molecule has 3 nitrogen and oxygen atoms in total. The third-order valence-electron chi connectivity index (χ3n) is 4.08. The van der Waals surface area contributed by atoms with Crippen LogP contribution in [0.15, 0.2) is 5.51 Å². The van der Waals surface area contributed by atoms with Crippen LogP contribution in [0.2, 0.25) is 0 Å². The number of nitrogens with zero attached hydrogens (tertiary/aromatic N) is 1. The normalized spacial score (nSPS) is 27.9. The van der Waals surface area contributed by atoms with Crippen LogP contribution in [-0.2, 0) is 11.2 Å². The molecule has 3 rings (SSSR count). The van der Waals surface area contributed by atoms with Crippen LogP contribution >= 0.6 is 11.3 Å². The predicted octanol–water partition coefficient (Wildman–Crippen LogP) is 2.15. The van der Waals surface area contributed by atoms with Crippen LogP contribution in [0.3, 0.4) is 0 Å². The Hall–Kier alpha value is -0.450. The highest BCUT2D eigenvalue weighted by molar-refractivity contribution is 7.09. The van der Waals surface area contributed by atoms with Gasteiger partial charge in [0.2, 0.25) is 0 Å². The first-order valence-electron chi connectivity index (χ1n) is 5.99. The van der Waals surface area contributed by atoms with Crippen LogP contribution < -0.4 is 5.32 Å². The molecule has 1 saturated heterocycles. The van der Waals surface area contributed by atoms with Gasteiger partial charge >= 0.3 is 0 Å². The second-order valence-electron chi connectivity index (χ2n) is 5.02. The highest BCUT2D eigenvalue weighted by Gasteiger charge is 2.41. The van der Waals surface area contributed by atoms with Crippen molar-refractivity contribution in [1.82, 2.24) is 10.3 Å². The van der Waals surface area contributed by atoms with Gasteiger partial charge in [-0.25, -0.2) is 4.98 Å². The number of rotatable bonds is 1. The molecule has 88 valence electrons. The summed E-state index contributed by atoms with van der Waals surface area (Å²) in [6, 6.07) is 0. The van der Waals surface area contributed by atoms with E-state index in [1.807, 2.05) is 12.6 Å². The first-order chi connectivity index (χ1) is 7.83. The first kappa shape index (κ1) is 10.7. The maximum atomic E-state index is 5.63. The Labute approximate surface area is 100 Å². The standard InChI is InChI=1S/C12H18N2OS/c1-15-9-6-12(2-4-13-5-3-12)7-10-11(9)14-8-16-10/h8-9,13H,2-7H2,1H3. The lowest BCUT2D eigenvalue weighted by molar-refractivity contribution is 0.0225. The number of fused-ring (bicyclic) bond motifs is 1. The molecule has 0 saturated carbocycles. The number of hydrogen-bond donors (Lipinski definition) is 1. The summed E-state index contributed by atoms with van der Waals surface area (Å²) in [7, 11) is 1.81. The van der Waals surface area contributed by atoms with Crippen molar-refractivity contribution in [3.05, 3.63) is 16.1 Å². The fourth-order valence-corrected chi connectivity index (χ4v) is 4.10. The summed E-state index contributed by atoms with van der Waals surface area (Å²) in [5.74, 6) is 0. The second-order valence-corrected chi connectivity index (χ2v) is 5.96. The van der Waals surface area contributed by atoms with Crippen LogP contribution in [0.4, 0.5) is 0 Å². The van der Waals surface area contributed by atoms with Gasteiger partial charge in [-0.3, -0.25) is 0 Å². The van der Waals surface area contributed by atoms with Crippen molar-refractivity contribution in [2.45, 2.75) is 31.8 Å². The van der Waals surface area contributed by atoms with Crippen molar-refractivity contribution in [2.75, 3.05) is 20.2 Å². The van der Waals surface area contributed by atoms with E-state index in [0.717, 1.165) is 19.5 Å². The zero-order valence-electron chi connectivity index (χ0n) is 9.66. The van der Waals surface area contributed by atoms with E-state index in [-0.39, 0.29) is 6.10 Å². The lowest BCUT2D eigenvalue weighted by atomic mass is 9.68. The van der Waals surface area contributed by atoms with E-state index < -0.39 is 0 Å². The molecule has 0 radical (unpaired) electrons. The monoisotopic (exact) mass is 238 g/mol. The fraction of sp³-hybridized carbons (Fsp3) is 0.750. The Morgan fingerprint density at radius 2 is 2.31 bits per heavy atom. The van der Waals surface area contributed by atoms with Gasteiger partial charge in [0, 0.05) is 12.0 Å². The molecule has 0 amide bonds. The summed E-state index contributed by atoms with van der Waals surface area (Å²) in [5.41, 5.74) is 3.65. The quantitative estimate of drug-likeness (QED) is 0.814. The van der Waals surface area contributed by atoms with Crippen LogP contribution in [0.1, 0.15) is 35.9 Å². The number of piperidine rings is 1. The molecule has 1 N–H and O–H groups in total.